The molecular weight excluding hydrogens is 559 g/mol. The summed E-state index contributed by atoms with van der Waals surface area (Å²) in [5, 5.41) is 30.5. The number of hydrogen-bond acceptors (Lipinski definition) is 6. The zero-order valence-electron chi connectivity index (χ0n) is 19.5. The predicted octanol–water partition coefficient (Wildman–Crippen LogP) is 4.82. The molecule has 182 valence electrons. The summed E-state index contributed by atoms with van der Waals surface area (Å²) >= 11 is 2.24. The number of carbonyl (C=O) groups is 1. The topological polar surface area (TPSA) is 112 Å². The second kappa shape index (κ2) is 12.5. The van der Waals surface area contributed by atoms with Crippen LogP contribution >= 0.6 is 22.6 Å². The fraction of sp³-hybridized carbons (Fsp3) is 0.259. The van der Waals surface area contributed by atoms with Crippen LogP contribution in [-0.4, -0.2) is 35.4 Å². The first kappa shape index (κ1) is 26.5. The van der Waals surface area contributed by atoms with Gasteiger partial charge in [-0.3, -0.25) is 4.79 Å². The summed E-state index contributed by atoms with van der Waals surface area (Å²) in [4.78, 5) is 12.7. The SMILES string of the molecule is Cc1cc(OC[C@@H](O)CO)ccc1NC(=O)Cc1ccc(C)c(Oc2cc(C#N)cc(CI)c2)c1. The highest BCUT2D eigenvalue weighted by atomic mass is 127. The number of hydrogen-bond donors (Lipinski definition) is 3. The number of nitrogens with one attached hydrogen (secondary N) is 1. The summed E-state index contributed by atoms with van der Waals surface area (Å²) in [5.74, 6) is 1.59. The van der Waals surface area contributed by atoms with E-state index in [1.807, 2.05) is 44.2 Å². The van der Waals surface area contributed by atoms with Gasteiger partial charge in [0, 0.05) is 10.1 Å². The van der Waals surface area contributed by atoms with Gasteiger partial charge in [0.1, 0.15) is 30.0 Å². The Morgan fingerprint density at radius 1 is 1.06 bits per heavy atom. The van der Waals surface area contributed by atoms with Gasteiger partial charge in [-0.2, -0.15) is 5.26 Å². The lowest BCUT2D eigenvalue weighted by Gasteiger charge is -2.14. The Hall–Kier alpha value is -3.13. The standard InChI is InChI=1S/C27H27IN2O5/c1-17-3-4-19(11-26(17)35-24-9-20(13-28)8-21(10-24)14-29)12-27(33)30-25-6-5-23(7-18(25)2)34-16-22(32)15-31/h3-11,22,31-32H,12-13,15-16H2,1-2H3,(H,30,33)/t22-/m0/s1. The van der Waals surface area contributed by atoms with Crippen molar-refractivity contribution in [1.29, 1.82) is 5.26 Å². The molecule has 7 nitrogen and oxygen atoms in total. The molecule has 0 saturated carbocycles. The van der Waals surface area contributed by atoms with Crippen LogP contribution in [-0.2, 0) is 15.6 Å². The molecule has 0 aliphatic heterocycles. The van der Waals surface area contributed by atoms with Crippen LogP contribution in [0.4, 0.5) is 5.69 Å². The molecule has 3 N–H and O–H groups in total. The van der Waals surface area contributed by atoms with Crippen LogP contribution in [0.1, 0.15) is 27.8 Å². The van der Waals surface area contributed by atoms with E-state index < -0.39 is 6.10 Å². The minimum Gasteiger partial charge on any atom is -0.491 e. The molecule has 0 fully saturated rings. The van der Waals surface area contributed by atoms with Crippen molar-refractivity contribution >= 4 is 34.2 Å². The molecule has 3 rings (SSSR count). The molecule has 35 heavy (non-hydrogen) atoms. The third-order valence-electron chi connectivity index (χ3n) is 5.22. The number of aliphatic hydroxyl groups excluding tert-OH is 2. The van der Waals surface area contributed by atoms with Gasteiger partial charge >= 0.3 is 0 Å². The van der Waals surface area contributed by atoms with Crippen LogP contribution in [0.2, 0.25) is 0 Å². The highest BCUT2D eigenvalue weighted by Crippen LogP contribution is 2.29. The van der Waals surface area contributed by atoms with Gasteiger partial charge in [0.2, 0.25) is 5.91 Å². The van der Waals surface area contributed by atoms with E-state index in [0.29, 0.717) is 28.5 Å². The molecule has 8 heteroatoms. The molecule has 0 aliphatic carbocycles. The van der Waals surface area contributed by atoms with Gasteiger partial charge < -0.3 is 25.0 Å². The number of benzene rings is 3. The summed E-state index contributed by atoms with van der Waals surface area (Å²) in [7, 11) is 0. The van der Waals surface area contributed by atoms with E-state index in [1.165, 1.54) is 0 Å². The number of nitriles is 1. The lowest BCUT2D eigenvalue weighted by Crippen LogP contribution is -2.21. The second-order valence-electron chi connectivity index (χ2n) is 8.16. The molecule has 0 unspecified atom stereocenters. The summed E-state index contributed by atoms with van der Waals surface area (Å²) in [6, 6.07) is 18.4. The molecule has 0 bridgehead atoms. The molecular formula is C27H27IN2O5. The number of nitrogens with zero attached hydrogens (tertiary/aromatic N) is 1. The van der Waals surface area contributed by atoms with E-state index in [4.69, 9.17) is 14.6 Å². The fourth-order valence-electron chi connectivity index (χ4n) is 3.34. The molecule has 1 amide bonds. The van der Waals surface area contributed by atoms with Gasteiger partial charge in [0.25, 0.3) is 0 Å². The number of alkyl halides is 1. The Morgan fingerprint density at radius 2 is 1.86 bits per heavy atom. The molecule has 3 aromatic rings. The zero-order valence-corrected chi connectivity index (χ0v) is 21.7. The molecule has 0 aliphatic rings. The van der Waals surface area contributed by atoms with Crippen molar-refractivity contribution in [1.82, 2.24) is 0 Å². The molecule has 0 saturated heterocycles. The molecule has 0 spiro atoms. The number of amides is 1. The summed E-state index contributed by atoms with van der Waals surface area (Å²) in [6.07, 6.45) is -0.782. The Labute approximate surface area is 218 Å². The summed E-state index contributed by atoms with van der Waals surface area (Å²) < 4.78 is 12.3. The number of carbonyl (C=O) groups excluding carboxylic acids is 1. The maximum Gasteiger partial charge on any atom is 0.228 e. The Bertz CT molecular complexity index is 1240. The molecule has 0 aromatic heterocycles. The van der Waals surface area contributed by atoms with Gasteiger partial charge in [0.05, 0.1) is 24.7 Å². The van der Waals surface area contributed by atoms with Gasteiger partial charge in [0.15, 0.2) is 0 Å². The van der Waals surface area contributed by atoms with E-state index >= 15 is 0 Å². The van der Waals surface area contributed by atoms with Crippen LogP contribution in [0.3, 0.4) is 0 Å². The largest absolute Gasteiger partial charge is 0.491 e. The van der Waals surface area contributed by atoms with Crippen LogP contribution in [0.5, 0.6) is 17.2 Å². The van der Waals surface area contributed by atoms with Crippen molar-refractivity contribution in [3.8, 4) is 23.3 Å². The Balaban J connectivity index is 1.67. The highest BCUT2D eigenvalue weighted by molar-refractivity contribution is 14.1. The second-order valence-corrected chi connectivity index (χ2v) is 8.92. The number of anilines is 1. The lowest BCUT2D eigenvalue weighted by atomic mass is 10.1. The number of halogens is 1. The van der Waals surface area contributed by atoms with Crippen molar-refractivity contribution in [3.63, 3.8) is 0 Å². The van der Waals surface area contributed by atoms with Crippen LogP contribution in [0.15, 0.2) is 54.6 Å². The lowest BCUT2D eigenvalue weighted by molar-refractivity contribution is -0.115. The van der Waals surface area contributed by atoms with E-state index in [-0.39, 0.29) is 25.5 Å². The van der Waals surface area contributed by atoms with Crippen LogP contribution < -0.4 is 14.8 Å². The smallest absolute Gasteiger partial charge is 0.228 e. The van der Waals surface area contributed by atoms with Crippen molar-refractivity contribution in [2.75, 3.05) is 18.5 Å². The monoisotopic (exact) mass is 586 g/mol. The number of rotatable bonds is 10. The highest BCUT2D eigenvalue weighted by Gasteiger charge is 2.11. The maximum absolute atomic E-state index is 12.7. The van der Waals surface area contributed by atoms with Gasteiger partial charge in [-0.15, -0.1) is 0 Å². The minimum absolute atomic E-state index is 0.0142. The quantitative estimate of drug-likeness (QED) is 0.232. The van der Waals surface area contributed by atoms with Gasteiger partial charge in [-0.05, 0) is 78.6 Å². The van der Waals surface area contributed by atoms with Crippen molar-refractivity contribution in [2.45, 2.75) is 30.8 Å². The molecule has 0 heterocycles. The number of ether oxygens (including phenoxy) is 2. The van der Waals surface area contributed by atoms with Gasteiger partial charge in [-0.1, -0.05) is 34.7 Å². The van der Waals surface area contributed by atoms with E-state index in [1.54, 1.807) is 24.3 Å². The molecule has 1 atom stereocenters. The molecule has 3 aromatic carbocycles. The first-order valence-corrected chi connectivity index (χ1v) is 12.5. The van der Waals surface area contributed by atoms with Crippen LogP contribution in [0, 0.1) is 25.2 Å². The average molecular weight is 586 g/mol. The third kappa shape index (κ3) is 7.68. The first-order valence-electron chi connectivity index (χ1n) is 11.0. The van der Waals surface area contributed by atoms with Gasteiger partial charge in [-0.25, -0.2) is 0 Å². The Morgan fingerprint density at radius 3 is 2.54 bits per heavy atom. The summed E-state index contributed by atoms with van der Waals surface area (Å²) in [5.41, 5.74) is 4.73. The number of aryl methyl sites for hydroxylation is 2. The van der Waals surface area contributed by atoms with Crippen molar-refractivity contribution in [3.05, 3.63) is 82.4 Å². The third-order valence-corrected chi connectivity index (χ3v) is 6.10. The maximum atomic E-state index is 12.7. The van der Waals surface area contributed by atoms with E-state index in [9.17, 15) is 15.2 Å². The van der Waals surface area contributed by atoms with Crippen LogP contribution in [0.25, 0.3) is 0 Å². The van der Waals surface area contributed by atoms with E-state index in [0.717, 1.165) is 26.7 Å². The molecule has 0 radical (unpaired) electrons. The average Bonchev–Trinajstić information content (AvgIpc) is 2.85. The van der Waals surface area contributed by atoms with E-state index in [2.05, 4.69) is 34.0 Å². The normalized spacial score (nSPS) is 11.4. The zero-order chi connectivity index (χ0) is 25.4. The number of aliphatic hydroxyl groups is 2. The summed E-state index contributed by atoms with van der Waals surface area (Å²) in [6.45, 7) is 3.39. The Kier molecular flexibility index (Phi) is 9.48. The minimum atomic E-state index is -0.943. The predicted molar refractivity (Wildman–Crippen MR) is 142 cm³/mol. The first-order chi connectivity index (χ1) is 16.8. The van der Waals surface area contributed by atoms with Crippen molar-refractivity contribution < 1.29 is 24.5 Å². The fourth-order valence-corrected chi connectivity index (χ4v) is 3.78. The van der Waals surface area contributed by atoms with Crippen molar-refractivity contribution in [2.24, 2.45) is 0 Å².